The van der Waals surface area contributed by atoms with Gasteiger partial charge in [0.25, 0.3) is 5.56 Å². The Hall–Kier alpha value is -2.91. The molecule has 0 spiro atoms. The van der Waals surface area contributed by atoms with E-state index in [0.29, 0.717) is 31.4 Å². The number of benzene rings is 1. The average molecular weight is 437 g/mol. The Morgan fingerprint density at radius 1 is 1.21 bits per heavy atom. The van der Waals surface area contributed by atoms with Crippen molar-refractivity contribution < 1.29 is 23.8 Å². The van der Waals surface area contributed by atoms with Crippen LogP contribution < -0.4 is 10.3 Å². The summed E-state index contributed by atoms with van der Waals surface area (Å²) in [5, 5.41) is 0.875. The van der Waals surface area contributed by atoms with Gasteiger partial charge in [-0.1, -0.05) is 11.6 Å². The predicted octanol–water partition coefficient (Wildman–Crippen LogP) is 3.25. The molecule has 152 valence electrons. The summed E-state index contributed by atoms with van der Waals surface area (Å²) in [7, 11) is 0. The molecule has 2 aromatic heterocycles. The van der Waals surface area contributed by atoms with Crippen LogP contribution in [0, 0.1) is 6.92 Å². The van der Waals surface area contributed by atoms with E-state index in [0.717, 1.165) is 11.3 Å². The first-order valence-electron chi connectivity index (χ1n) is 8.62. The molecule has 2 heterocycles. The number of hydrogen-bond donors (Lipinski definition) is 1. The summed E-state index contributed by atoms with van der Waals surface area (Å²) in [4.78, 5) is 43.8. The van der Waals surface area contributed by atoms with Crippen LogP contribution in [0.1, 0.15) is 28.0 Å². The van der Waals surface area contributed by atoms with E-state index in [2.05, 4.69) is 9.97 Å². The molecule has 29 heavy (non-hydrogen) atoms. The number of carbonyl (C=O) groups excluding carboxylic acids is 2. The van der Waals surface area contributed by atoms with Crippen LogP contribution >= 0.6 is 22.9 Å². The smallest absolute Gasteiger partial charge is 0.348 e. The second-order valence-corrected chi connectivity index (χ2v) is 7.31. The number of aromatic nitrogens is 2. The molecular weight excluding hydrogens is 420 g/mol. The number of halogens is 1. The number of aryl methyl sites for hydroxylation is 1. The van der Waals surface area contributed by atoms with Crippen LogP contribution in [0.3, 0.4) is 0 Å². The lowest BCUT2D eigenvalue weighted by atomic mass is 10.2. The molecule has 0 saturated heterocycles. The summed E-state index contributed by atoms with van der Waals surface area (Å²) >= 11 is 6.84. The van der Waals surface area contributed by atoms with Crippen LogP contribution in [0.2, 0.25) is 5.02 Å². The topological polar surface area (TPSA) is 108 Å². The maximum Gasteiger partial charge on any atom is 0.348 e. The molecule has 0 bridgehead atoms. The summed E-state index contributed by atoms with van der Waals surface area (Å²) in [6.07, 6.45) is 0. The highest BCUT2D eigenvalue weighted by Crippen LogP contribution is 2.27. The van der Waals surface area contributed by atoms with Crippen molar-refractivity contribution in [3.8, 4) is 5.75 Å². The van der Waals surface area contributed by atoms with Gasteiger partial charge in [0.05, 0.1) is 12.0 Å². The Morgan fingerprint density at radius 2 is 1.93 bits per heavy atom. The van der Waals surface area contributed by atoms with Gasteiger partial charge in [-0.15, -0.1) is 11.3 Å². The van der Waals surface area contributed by atoms with Crippen molar-refractivity contribution >= 4 is 45.1 Å². The zero-order chi connectivity index (χ0) is 21.0. The molecule has 3 aromatic rings. The van der Waals surface area contributed by atoms with E-state index in [-0.39, 0.29) is 25.6 Å². The number of aromatic amines is 1. The van der Waals surface area contributed by atoms with Gasteiger partial charge in [0.1, 0.15) is 27.9 Å². The van der Waals surface area contributed by atoms with E-state index in [9.17, 15) is 14.4 Å². The van der Waals surface area contributed by atoms with Crippen LogP contribution in [0.25, 0.3) is 10.2 Å². The number of esters is 2. The van der Waals surface area contributed by atoms with Crippen LogP contribution in [0.4, 0.5) is 0 Å². The Bertz CT molecular complexity index is 1110. The van der Waals surface area contributed by atoms with E-state index in [1.165, 1.54) is 0 Å². The normalized spacial score (nSPS) is 10.7. The number of ether oxygens (including phenoxy) is 3. The van der Waals surface area contributed by atoms with Gasteiger partial charge in [0, 0.05) is 5.02 Å². The van der Waals surface area contributed by atoms with Gasteiger partial charge in [0.15, 0.2) is 6.61 Å². The SMILES string of the molecule is CCOC(=O)c1sc2nc(COC(=O)COc3ccc(Cl)cc3)[nH]c(=O)c2c1C. The lowest BCUT2D eigenvalue weighted by Crippen LogP contribution is -2.18. The van der Waals surface area contributed by atoms with Crippen molar-refractivity contribution in [1.82, 2.24) is 9.97 Å². The van der Waals surface area contributed by atoms with Crippen LogP contribution in [-0.2, 0) is 20.9 Å². The molecule has 1 N–H and O–H groups in total. The Morgan fingerprint density at radius 3 is 2.62 bits per heavy atom. The van der Waals surface area contributed by atoms with Crippen LogP contribution in [0.15, 0.2) is 29.1 Å². The molecule has 10 heteroatoms. The molecule has 0 amide bonds. The first-order valence-corrected chi connectivity index (χ1v) is 9.82. The van der Waals surface area contributed by atoms with Gasteiger partial charge in [-0.3, -0.25) is 4.79 Å². The molecule has 8 nitrogen and oxygen atoms in total. The third kappa shape index (κ3) is 4.93. The molecular formula is C19H17ClN2O6S. The van der Waals surface area contributed by atoms with Gasteiger partial charge in [0.2, 0.25) is 0 Å². The van der Waals surface area contributed by atoms with E-state index in [1.54, 1.807) is 38.1 Å². The number of rotatable bonds is 7. The van der Waals surface area contributed by atoms with Gasteiger partial charge < -0.3 is 19.2 Å². The summed E-state index contributed by atoms with van der Waals surface area (Å²) < 4.78 is 15.4. The number of H-pyrrole nitrogens is 1. The Balaban J connectivity index is 1.67. The monoisotopic (exact) mass is 436 g/mol. The highest BCUT2D eigenvalue weighted by atomic mass is 35.5. The zero-order valence-electron chi connectivity index (χ0n) is 15.6. The fourth-order valence-electron chi connectivity index (χ4n) is 2.51. The first-order chi connectivity index (χ1) is 13.9. The van der Waals surface area contributed by atoms with E-state index in [1.807, 2.05) is 0 Å². The minimum Gasteiger partial charge on any atom is -0.482 e. The fourth-order valence-corrected chi connectivity index (χ4v) is 3.73. The molecule has 0 aliphatic heterocycles. The molecule has 3 rings (SSSR count). The van der Waals surface area contributed by atoms with Gasteiger partial charge in [-0.2, -0.15) is 0 Å². The molecule has 0 atom stereocenters. The summed E-state index contributed by atoms with van der Waals surface area (Å²) in [5.41, 5.74) is 0.0971. The predicted molar refractivity (Wildman–Crippen MR) is 108 cm³/mol. The second-order valence-electron chi connectivity index (χ2n) is 5.87. The molecule has 0 aliphatic rings. The van der Waals surface area contributed by atoms with Crippen molar-refractivity contribution in [2.24, 2.45) is 0 Å². The van der Waals surface area contributed by atoms with Crippen molar-refractivity contribution in [3.63, 3.8) is 0 Å². The maximum atomic E-state index is 12.4. The number of nitrogens with zero attached hydrogens (tertiary/aromatic N) is 1. The molecule has 0 aliphatic carbocycles. The van der Waals surface area contributed by atoms with Gasteiger partial charge in [-0.25, -0.2) is 14.6 Å². The van der Waals surface area contributed by atoms with Crippen molar-refractivity contribution in [3.05, 3.63) is 55.9 Å². The zero-order valence-corrected chi connectivity index (χ0v) is 17.2. The Kier molecular flexibility index (Phi) is 6.50. The summed E-state index contributed by atoms with van der Waals surface area (Å²) in [6.45, 7) is 3.05. The number of carbonyl (C=O) groups is 2. The standard InChI is InChI=1S/C19H17ClN2O6S/c1-3-26-19(25)16-10(2)15-17(24)21-13(22-18(15)29-16)8-28-14(23)9-27-12-6-4-11(20)5-7-12/h4-7H,3,8-9H2,1-2H3,(H,21,22,24). The van der Waals surface area contributed by atoms with Gasteiger partial charge in [-0.05, 0) is 43.7 Å². The third-order valence-electron chi connectivity index (χ3n) is 3.85. The lowest BCUT2D eigenvalue weighted by molar-refractivity contribution is -0.147. The number of fused-ring (bicyclic) bond motifs is 1. The van der Waals surface area contributed by atoms with E-state index < -0.39 is 17.5 Å². The highest BCUT2D eigenvalue weighted by molar-refractivity contribution is 7.20. The van der Waals surface area contributed by atoms with Crippen LogP contribution in [0.5, 0.6) is 5.75 Å². The van der Waals surface area contributed by atoms with Gasteiger partial charge >= 0.3 is 11.9 Å². The van der Waals surface area contributed by atoms with E-state index in [4.69, 9.17) is 25.8 Å². The van der Waals surface area contributed by atoms with E-state index >= 15 is 0 Å². The molecule has 0 saturated carbocycles. The highest BCUT2D eigenvalue weighted by Gasteiger charge is 2.20. The van der Waals surface area contributed by atoms with Crippen molar-refractivity contribution in [2.75, 3.05) is 13.2 Å². The van der Waals surface area contributed by atoms with Crippen molar-refractivity contribution in [1.29, 1.82) is 0 Å². The molecule has 1 aromatic carbocycles. The maximum absolute atomic E-state index is 12.4. The molecule has 0 fully saturated rings. The number of thiophene rings is 1. The molecule has 0 unspecified atom stereocenters. The van der Waals surface area contributed by atoms with Crippen molar-refractivity contribution in [2.45, 2.75) is 20.5 Å². The third-order valence-corrected chi connectivity index (χ3v) is 5.27. The first kappa shape index (κ1) is 20.8. The fraction of sp³-hybridized carbons (Fsp3) is 0.263. The minimum absolute atomic E-state index is 0.166. The largest absolute Gasteiger partial charge is 0.482 e. The molecule has 0 radical (unpaired) electrons. The quantitative estimate of drug-likeness (QED) is 0.566. The number of nitrogens with one attached hydrogen (secondary N) is 1. The number of hydrogen-bond acceptors (Lipinski definition) is 8. The summed E-state index contributed by atoms with van der Waals surface area (Å²) in [5.74, 6) is -0.490. The average Bonchev–Trinajstić information content (AvgIpc) is 3.03. The second kappa shape index (κ2) is 9.06. The summed E-state index contributed by atoms with van der Waals surface area (Å²) in [6, 6.07) is 6.53. The van der Waals surface area contributed by atoms with Crippen LogP contribution in [-0.4, -0.2) is 35.1 Å². The lowest BCUT2D eigenvalue weighted by Gasteiger charge is -2.07. The Labute approximate surface area is 174 Å². The minimum atomic E-state index is -0.628.